The molecule has 0 aliphatic heterocycles. The van der Waals surface area contributed by atoms with Crippen molar-refractivity contribution in [1.82, 2.24) is 5.32 Å². The predicted molar refractivity (Wildman–Crippen MR) is 82.3 cm³/mol. The zero-order valence-electron chi connectivity index (χ0n) is 11.6. The largest absolute Gasteiger partial charge is 0.492 e. The lowest BCUT2D eigenvalue weighted by Crippen LogP contribution is -2.23. The number of hydrogen-bond donors (Lipinski definition) is 1. The Morgan fingerprint density at radius 3 is 2.79 bits per heavy atom. The molecule has 0 aliphatic rings. The van der Waals surface area contributed by atoms with Crippen molar-refractivity contribution >= 4 is 11.3 Å². The van der Waals surface area contributed by atoms with E-state index in [1.807, 2.05) is 0 Å². The number of aryl methyl sites for hydroxylation is 2. The SMILES string of the molecule is Cc1ccc(OCCNCCc2ccsc2)c(C)c1. The van der Waals surface area contributed by atoms with Gasteiger partial charge in [0, 0.05) is 6.54 Å². The summed E-state index contributed by atoms with van der Waals surface area (Å²) >= 11 is 1.76. The van der Waals surface area contributed by atoms with Crippen LogP contribution in [0.2, 0.25) is 0 Å². The first kappa shape index (κ1) is 14.1. The molecule has 1 heterocycles. The Morgan fingerprint density at radius 2 is 2.05 bits per heavy atom. The Bertz CT molecular complexity index is 493. The van der Waals surface area contributed by atoms with E-state index in [2.05, 4.69) is 54.2 Å². The molecular formula is C16H21NOS. The second-order valence-electron chi connectivity index (χ2n) is 4.75. The van der Waals surface area contributed by atoms with Gasteiger partial charge in [-0.1, -0.05) is 17.7 Å². The molecule has 0 saturated carbocycles. The fourth-order valence-electron chi connectivity index (χ4n) is 1.99. The van der Waals surface area contributed by atoms with Crippen molar-refractivity contribution in [3.63, 3.8) is 0 Å². The van der Waals surface area contributed by atoms with E-state index in [4.69, 9.17) is 4.74 Å². The van der Waals surface area contributed by atoms with Crippen LogP contribution >= 0.6 is 11.3 Å². The van der Waals surface area contributed by atoms with Crippen LogP contribution in [0, 0.1) is 13.8 Å². The van der Waals surface area contributed by atoms with Gasteiger partial charge in [-0.15, -0.1) is 0 Å². The minimum atomic E-state index is 0.716. The zero-order valence-corrected chi connectivity index (χ0v) is 12.4. The van der Waals surface area contributed by atoms with Crippen molar-refractivity contribution < 1.29 is 4.74 Å². The van der Waals surface area contributed by atoms with Crippen LogP contribution in [0.5, 0.6) is 5.75 Å². The molecule has 0 saturated heterocycles. The third-order valence-electron chi connectivity index (χ3n) is 3.04. The average molecular weight is 275 g/mol. The monoisotopic (exact) mass is 275 g/mol. The normalized spacial score (nSPS) is 10.6. The number of rotatable bonds is 7. The third kappa shape index (κ3) is 4.69. The summed E-state index contributed by atoms with van der Waals surface area (Å²) in [7, 11) is 0. The van der Waals surface area contributed by atoms with E-state index in [-0.39, 0.29) is 0 Å². The molecule has 0 spiro atoms. The van der Waals surface area contributed by atoms with Gasteiger partial charge in [0.05, 0.1) is 0 Å². The van der Waals surface area contributed by atoms with Gasteiger partial charge in [0.15, 0.2) is 0 Å². The van der Waals surface area contributed by atoms with Gasteiger partial charge in [0.1, 0.15) is 12.4 Å². The lowest BCUT2D eigenvalue weighted by molar-refractivity contribution is 0.312. The van der Waals surface area contributed by atoms with Crippen LogP contribution in [-0.2, 0) is 6.42 Å². The van der Waals surface area contributed by atoms with Crippen LogP contribution in [-0.4, -0.2) is 19.7 Å². The summed E-state index contributed by atoms with van der Waals surface area (Å²) in [6.45, 7) is 6.80. The maximum Gasteiger partial charge on any atom is 0.122 e. The lowest BCUT2D eigenvalue weighted by atomic mass is 10.1. The van der Waals surface area contributed by atoms with Gasteiger partial charge in [-0.2, -0.15) is 11.3 Å². The van der Waals surface area contributed by atoms with E-state index >= 15 is 0 Å². The van der Waals surface area contributed by atoms with Crippen LogP contribution in [0.15, 0.2) is 35.0 Å². The number of nitrogens with one attached hydrogen (secondary N) is 1. The molecule has 0 atom stereocenters. The first-order chi connectivity index (χ1) is 9.25. The van der Waals surface area contributed by atoms with Crippen molar-refractivity contribution in [3.05, 3.63) is 51.7 Å². The molecule has 1 N–H and O–H groups in total. The molecule has 3 heteroatoms. The van der Waals surface area contributed by atoms with Crippen LogP contribution in [0.4, 0.5) is 0 Å². The van der Waals surface area contributed by atoms with Crippen molar-refractivity contribution in [3.8, 4) is 5.75 Å². The van der Waals surface area contributed by atoms with Gasteiger partial charge >= 0.3 is 0 Å². The Kier molecular flexibility index (Phi) is 5.43. The molecule has 2 aromatic rings. The standard InChI is InChI=1S/C16H21NOS/c1-13-3-4-16(14(2)11-13)18-9-8-17-7-5-15-6-10-19-12-15/h3-4,6,10-12,17H,5,7-9H2,1-2H3. The number of thiophene rings is 1. The fourth-order valence-corrected chi connectivity index (χ4v) is 2.69. The molecule has 0 fully saturated rings. The number of benzene rings is 1. The molecule has 1 aromatic carbocycles. The van der Waals surface area contributed by atoms with Gasteiger partial charge < -0.3 is 10.1 Å². The minimum Gasteiger partial charge on any atom is -0.492 e. The van der Waals surface area contributed by atoms with Gasteiger partial charge in [-0.3, -0.25) is 0 Å². The fraction of sp³-hybridized carbons (Fsp3) is 0.375. The molecule has 0 unspecified atom stereocenters. The summed E-state index contributed by atoms with van der Waals surface area (Å²) in [4.78, 5) is 0. The Balaban J connectivity index is 1.61. The number of ether oxygens (including phenoxy) is 1. The van der Waals surface area contributed by atoms with Crippen LogP contribution in [0.3, 0.4) is 0 Å². The minimum absolute atomic E-state index is 0.716. The van der Waals surface area contributed by atoms with Gasteiger partial charge in [0.25, 0.3) is 0 Å². The predicted octanol–water partition coefficient (Wildman–Crippen LogP) is 3.58. The van der Waals surface area contributed by atoms with Crippen molar-refractivity contribution in [1.29, 1.82) is 0 Å². The van der Waals surface area contributed by atoms with Crippen LogP contribution < -0.4 is 10.1 Å². The van der Waals surface area contributed by atoms with Crippen molar-refractivity contribution in [2.45, 2.75) is 20.3 Å². The summed E-state index contributed by atoms with van der Waals surface area (Å²) in [5.74, 6) is 0.991. The van der Waals surface area contributed by atoms with Gasteiger partial charge in [-0.25, -0.2) is 0 Å². The highest BCUT2D eigenvalue weighted by Gasteiger charge is 1.99. The maximum absolute atomic E-state index is 5.77. The molecule has 2 rings (SSSR count). The molecule has 1 aromatic heterocycles. The second kappa shape index (κ2) is 7.31. The third-order valence-corrected chi connectivity index (χ3v) is 3.77. The molecule has 0 amide bonds. The summed E-state index contributed by atoms with van der Waals surface area (Å²) in [6, 6.07) is 8.47. The Labute approximate surface area is 119 Å². The quantitative estimate of drug-likeness (QED) is 0.780. The Hall–Kier alpha value is -1.32. The van der Waals surface area contributed by atoms with Crippen LogP contribution in [0.25, 0.3) is 0 Å². The highest BCUT2D eigenvalue weighted by atomic mass is 32.1. The topological polar surface area (TPSA) is 21.3 Å². The second-order valence-corrected chi connectivity index (χ2v) is 5.53. The van der Waals surface area contributed by atoms with E-state index < -0.39 is 0 Å². The highest BCUT2D eigenvalue weighted by Crippen LogP contribution is 2.18. The highest BCUT2D eigenvalue weighted by molar-refractivity contribution is 7.07. The van der Waals surface area contributed by atoms with Crippen molar-refractivity contribution in [2.24, 2.45) is 0 Å². The Morgan fingerprint density at radius 1 is 1.16 bits per heavy atom. The van der Waals surface area contributed by atoms with E-state index in [1.54, 1.807) is 11.3 Å². The van der Waals surface area contributed by atoms with Crippen molar-refractivity contribution in [2.75, 3.05) is 19.7 Å². The molecule has 102 valence electrons. The van der Waals surface area contributed by atoms with E-state index in [9.17, 15) is 0 Å². The molecular weight excluding hydrogens is 254 g/mol. The average Bonchev–Trinajstić information content (AvgIpc) is 2.89. The smallest absolute Gasteiger partial charge is 0.122 e. The lowest BCUT2D eigenvalue weighted by Gasteiger charge is -2.10. The molecule has 19 heavy (non-hydrogen) atoms. The maximum atomic E-state index is 5.77. The van der Waals surface area contributed by atoms with Gasteiger partial charge in [0.2, 0.25) is 0 Å². The summed E-state index contributed by atoms with van der Waals surface area (Å²) < 4.78 is 5.77. The number of hydrogen-bond acceptors (Lipinski definition) is 3. The van der Waals surface area contributed by atoms with E-state index in [1.165, 1.54) is 16.7 Å². The van der Waals surface area contributed by atoms with Gasteiger partial charge in [-0.05, 0) is 60.8 Å². The first-order valence-electron chi connectivity index (χ1n) is 6.67. The van der Waals surface area contributed by atoms with Crippen LogP contribution in [0.1, 0.15) is 16.7 Å². The van der Waals surface area contributed by atoms with E-state index in [0.29, 0.717) is 6.61 Å². The molecule has 0 bridgehead atoms. The summed E-state index contributed by atoms with van der Waals surface area (Å²) in [6.07, 6.45) is 1.09. The molecule has 2 nitrogen and oxygen atoms in total. The zero-order chi connectivity index (χ0) is 13.5. The molecule has 0 aliphatic carbocycles. The molecule has 0 radical (unpaired) electrons. The summed E-state index contributed by atoms with van der Waals surface area (Å²) in [5.41, 5.74) is 3.89. The first-order valence-corrected chi connectivity index (χ1v) is 7.62. The van der Waals surface area contributed by atoms with E-state index in [0.717, 1.165) is 25.3 Å². The summed E-state index contributed by atoms with van der Waals surface area (Å²) in [5, 5.41) is 7.73.